The molecule has 5 nitrogen and oxygen atoms in total. The lowest BCUT2D eigenvalue weighted by Crippen LogP contribution is -2.16. The summed E-state index contributed by atoms with van der Waals surface area (Å²) in [5.41, 5.74) is -4.70. The summed E-state index contributed by atoms with van der Waals surface area (Å²) >= 11 is 0. The Morgan fingerprint density at radius 3 is 1.92 bits per heavy atom. The van der Waals surface area contributed by atoms with Crippen molar-refractivity contribution in [2.75, 3.05) is 5.32 Å². The first kappa shape index (κ1) is 19.2. The van der Waals surface area contributed by atoms with E-state index in [1.807, 2.05) is 5.32 Å². The molecule has 0 saturated heterocycles. The minimum Gasteiger partial charge on any atom is -0.322 e. The van der Waals surface area contributed by atoms with Crippen molar-refractivity contribution in [1.29, 1.82) is 0 Å². The molecule has 11 heteroatoms. The monoisotopic (exact) mass is 378 g/mol. The molecular weight excluding hydrogens is 370 g/mol. The normalized spacial score (nSPS) is 11.9. The van der Waals surface area contributed by atoms with Gasteiger partial charge in [0.1, 0.15) is 0 Å². The summed E-state index contributed by atoms with van der Waals surface area (Å²) in [6, 6.07) is 4.79. The molecule has 138 valence electrons. The molecule has 2 aromatic rings. The minimum atomic E-state index is -5.06. The van der Waals surface area contributed by atoms with Crippen LogP contribution in [0.15, 0.2) is 42.5 Å². The number of rotatable bonds is 3. The van der Waals surface area contributed by atoms with Gasteiger partial charge in [-0.1, -0.05) is 6.07 Å². The number of carbonyl (C=O) groups is 1. The number of nitrogens with zero attached hydrogens (tertiary/aromatic N) is 1. The van der Waals surface area contributed by atoms with Gasteiger partial charge in [-0.2, -0.15) is 26.3 Å². The van der Waals surface area contributed by atoms with E-state index in [-0.39, 0.29) is 11.6 Å². The van der Waals surface area contributed by atoms with Crippen molar-refractivity contribution >= 4 is 17.3 Å². The number of carbonyl (C=O) groups excluding carboxylic acids is 1. The van der Waals surface area contributed by atoms with Crippen molar-refractivity contribution in [2.45, 2.75) is 12.4 Å². The Morgan fingerprint density at radius 2 is 1.46 bits per heavy atom. The van der Waals surface area contributed by atoms with E-state index in [2.05, 4.69) is 0 Å². The molecule has 0 spiro atoms. The highest BCUT2D eigenvalue weighted by atomic mass is 19.4. The first-order valence-electron chi connectivity index (χ1n) is 6.73. The van der Waals surface area contributed by atoms with Crippen LogP contribution in [0.4, 0.5) is 37.7 Å². The van der Waals surface area contributed by atoms with Crippen LogP contribution in [-0.4, -0.2) is 10.8 Å². The van der Waals surface area contributed by atoms with Gasteiger partial charge in [-0.3, -0.25) is 14.9 Å². The van der Waals surface area contributed by atoms with E-state index >= 15 is 0 Å². The van der Waals surface area contributed by atoms with Crippen LogP contribution in [0.2, 0.25) is 0 Å². The van der Waals surface area contributed by atoms with E-state index in [9.17, 15) is 41.3 Å². The third-order valence-electron chi connectivity index (χ3n) is 3.16. The van der Waals surface area contributed by atoms with Crippen LogP contribution in [0.5, 0.6) is 0 Å². The van der Waals surface area contributed by atoms with Gasteiger partial charge in [-0.15, -0.1) is 0 Å². The summed E-state index contributed by atoms with van der Waals surface area (Å²) in [7, 11) is 0. The van der Waals surface area contributed by atoms with Crippen LogP contribution in [0.25, 0.3) is 0 Å². The van der Waals surface area contributed by atoms with Gasteiger partial charge in [0, 0.05) is 23.4 Å². The summed E-state index contributed by atoms with van der Waals surface area (Å²) in [5, 5.41) is 12.6. The average molecular weight is 378 g/mol. The maximum absolute atomic E-state index is 12.8. The van der Waals surface area contributed by atoms with Gasteiger partial charge in [0.25, 0.3) is 11.6 Å². The number of alkyl halides is 6. The summed E-state index contributed by atoms with van der Waals surface area (Å²) in [6.07, 6.45) is -10.1. The number of hydrogen-bond donors (Lipinski definition) is 1. The topological polar surface area (TPSA) is 72.2 Å². The maximum atomic E-state index is 12.8. The van der Waals surface area contributed by atoms with Gasteiger partial charge in [-0.25, -0.2) is 0 Å². The molecule has 1 N–H and O–H groups in total. The molecule has 0 aliphatic heterocycles. The number of halogens is 6. The molecule has 0 aromatic heterocycles. The summed E-state index contributed by atoms with van der Waals surface area (Å²) in [4.78, 5) is 21.9. The number of benzene rings is 2. The fraction of sp³-hybridized carbons (Fsp3) is 0.133. The quantitative estimate of drug-likeness (QED) is 0.470. The molecule has 26 heavy (non-hydrogen) atoms. The van der Waals surface area contributed by atoms with E-state index < -0.39 is 45.7 Å². The molecule has 0 heterocycles. The minimum absolute atomic E-state index is 0.0803. The van der Waals surface area contributed by atoms with E-state index in [1.54, 1.807) is 0 Å². The van der Waals surface area contributed by atoms with Gasteiger partial charge in [0.15, 0.2) is 0 Å². The Hall–Kier alpha value is -3.11. The Morgan fingerprint density at radius 1 is 0.923 bits per heavy atom. The van der Waals surface area contributed by atoms with E-state index in [1.165, 1.54) is 0 Å². The van der Waals surface area contributed by atoms with Crippen molar-refractivity contribution in [2.24, 2.45) is 0 Å². The van der Waals surface area contributed by atoms with Gasteiger partial charge < -0.3 is 5.32 Å². The Balaban J connectivity index is 2.41. The zero-order chi connectivity index (χ0) is 19.7. The standard InChI is InChI=1S/C15H8F6N2O3/c16-14(17,18)9-5-10(15(19,20)21)7-11(6-9)22-13(24)8-2-1-3-12(4-8)23(25)26/h1-7H,(H,22,24). The van der Waals surface area contributed by atoms with Crippen LogP contribution in [-0.2, 0) is 12.4 Å². The molecular formula is C15H8F6N2O3. The van der Waals surface area contributed by atoms with Crippen LogP contribution >= 0.6 is 0 Å². The predicted molar refractivity (Wildman–Crippen MR) is 77.5 cm³/mol. The Labute approximate surface area is 141 Å². The number of nitro benzene ring substituents is 1. The number of nitro groups is 1. The van der Waals surface area contributed by atoms with Gasteiger partial charge in [-0.05, 0) is 24.3 Å². The molecule has 0 atom stereocenters. The lowest BCUT2D eigenvalue weighted by Gasteiger charge is -2.14. The first-order chi connectivity index (χ1) is 11.9. The highest BCUT2D eigenvalue weighted by Crippen LogP contribution is 2.37. The van der Waals surface area contributed by atoms with Crippen LogP contribution in [0.3, 0.4) is 0 Å². The Kier molecular flexibility index (Phi) is 4.92. The molecule has 1 amide bonds. The molecule has 0 bridgehead atoms. The molecule has 0 saturated carbocycles. The zero-order valence-electron chi connectivity index (χ0n) is 12.5. The lowest BCUT2D eigenvalue weighted by molar-refractivity contribution is -0.384. The lowest BCUT2D eigenvalue weighted by atomic mass is 10.1. The highest BCUT2D eigenvalue weighted by molar-refractivity contribution is 6.04. The van der Waals surface area contributed by atoms with E-state index in [0.717, 1.165) is 24.3 Å². The molecule has 0 aliphatic carbocycles. The smallest absolute Gasteiger partial charge is 0.322 e. The second-order valence-electron chi connectivity index (χ2n) is 5.06. The maximum Gasteiger partial charge on any atom is 0.416 e. The number of amides is 1. The van der Waals surface area contributed by atoms with Gasteiger partial charge in [0.05, 0.1) is 16.1 Å². The Bertz CT molecular complexity index is 829. The predicted octanol–water partition coefficient (Wildman–Crippen LogP) is 4.88. The van der Waals surface area contributed by atoms with Crippen LogP contribution < -0.4 is 5.32 Å². The molecule has 0 unspecified atom stereocenters. The van der Waals surface area contributed by atoms with Gasteiger partial charge >= 0.3 is 12.4 Å². The van der Waals surface area contributed by atoms with E-state index in [0.29, 0.717) is 12.1 Å². The second-order valence-corrected chi connectivity index (χ2v) is 5.06. The molecule has 0 fully saturated rings. The highest BCUT2D eigenvalue weighted by Gasteiger charge is 2.37. The van der Waals surface area contributed by atoms with Gasteiger partial charge in [0.2, 0.25) is 0 Å². The molecule has 2 rings (SSSR count). The molecule has 0 radical (unpaired) electrons. The average Bonchev–Trinajstić information content (AvgIpc) is 2.53. The van der Waals surface area contributed by atoms with Crippen molar-refractivity contribution < 1.29 is 36.1 Å². The van der Waals surface area contributed by atoms with Crippen molar-refractivity contribution in [3.63, 3.8) is 0 Å². The fourth-order valence-electron chi connectivity index (χ4n) is 1.99. The number of anilines is 1. The zero-order valence-corrected chi connectivity index (χ0v) is 12.5. The second kappa shape index (κ2) is 6.65. The summed E-state index contributed by atoms with van der Waals surface area (Å²) < 4.78 is 76.7. The van der Waals surface area contributed by atoms with Crippen molar-refractivity contribution in [3.8, 4) is 0 Å². The molecule has 0 aliphatic rings. The first-order valence-corrected chi connectivity index (χ1v) is 6.73. The van der Waals surface area contributed by atoms with Crippen LogP contribution in [0, 0.1) is 10.1 Å². The largest absolute Gasteiger partial charge is 0.416 e. The number of non-ortho nitro benzene ring substituents is 1. The molecule has 2 aromatic carbocycles. The summed E-state index contributed by atoms with van der Waals surface area (Å²) in [6.45, 7) is 0. The SMILES string of the molecule is O=C(Nc1cc(C(F)(F)F)cc(C(F)(F)F)c1)c1cccc([N+](=O)[O-])c1. The summed E-state index contributed by atoms with van der Waals surface area (Å²) in [5.74, 6) is -1.10. The van der Waals surface area contributed by atoms with Crippen molar-refractivity contribution in [3.05, 3.63) is 69.3 Å². The number of nitrogens with one attached hydrogen (secondary N) is 1. The van der Waals surface area contributed by atoms with Crippen LogP contribution in [0.1, 0.15) is 21.5 Å². The van der Waals surface area contributed by atoms with E-state index in [4.69, 9.17) is 0 Å². The van der Waals surface area contributed by atoms with Crippen molar-refractivity contribution in [1.82, 2.24) is 0 Å². The number of hydrogen-bond acceptors (Lipinski definition) is 3. The third kappa shape index (κ3) is 4.49. The fourth-order valence-corrected chi connectivity index (χ4v) is 1.99. The third-order valence-corrected chi connectivity index (χ3v) is 3.16.